The number of azide groups is 1. The number of rotatable bonds is 13. The predicted octanol–water partition coefficient (Wildman–Crippen LogP) is 9.90. The van der Waals surface area contributed by atoms with Crippen molar-refractivity contribution in [2.75, 3.05) is 30.8 Å². The van der Waals surface area contributed by atoms with Gasteiger partial charge in [-0.15, -0.1) is 0 Å². The van der Waals surface area contributed by atoms with E-state index in [9.17, 15) is 0 Å². The van der Waals surface area contributed by atoms with Gasteiger partial charge in [0.1, 0.15) is 5.75 Å². The molecule has 0 bridgehead atoms. The number of para-hydroxylation sites is 2. The van der Waals surface area contributed by atoms with Gasteiger partial charge < -0.3 is 15.4 Å². The zero-order valence-electron chi connectivity index (χ0n) is 24.4. The molecule has 2 aromatic heterocycles. The molecule has 0 saturated heterocycles. The van der Waals surface area contributed by atoms with Crippen LogP contribution in [0.15, 0.2) is 90.0 Å². The summed E-state index contributed by atoms with van der Waals surface area (Å²) in [5, 5.41) is 15.5. The number of nitrogens with one attached hydrogen (secondary N) is 2. The van der Waals surface area contributed by atoms with Gasteiger partial charge in [-0.3, -0.25) is 0 Å². The first-order valence-corrected chi connectivity index (χ1v) is 15.0. The van der Waals surface area contributed by atoms with Gasteiger partial charge in [-0.1, -0.05) is 79.3 Å². The predicted molar refractivity (Wildman–Crippen MR) is 179 cm³/mol. The van der Waals surface area contributed by atoms with Gasteiger partial charge in [0.15, 0.2) is 0 Å². The highest BCUT2D eigenvalue weighted by molar-refractivity contribution is 6.09. The van der Waals surface area contributed by atoms with Crippen LogP contribution in [0.5, 0.6) is 5.75 Å². The average Bonchev–Trinajstić information content (AvgIpc) is 3.04. The van der Waals surface area contributed by atoms with Crippen molar-refractivity contribution < 1.29 is 4.74 Å². The molecule has 0 saturated carbocycles. The second kappa shape index (κ2) is 13.3. The molecule has 6 rings (SSSR count). The number of pyridine rings is 2. The summed E-state index contributed by atoms with van der Waals surface area (Å²) in [6.07, 6.45) is 7.03. The van der Waals surface area contributed by atoms with Gasteiger partial charge in [0.25, 0.3) is 0 Å². The normalized spacial score (nSPS) is 11.2. The monoisotopic (exact) mass is 569 g/mol. The van der Waals surface area contributed by atoms with Gasteiger partial charge in [-0.25, -0.2) is 9.97 Å². The molecule has 6 aromatic rings. The number of anilines is 2. The number of methoxy groups -OCH3 is 1. The topological polar surface area (TPSA) is 108 Å². The number of aromatic nitrogens is 2. The quantitative estimate of drug-likeness (QED) is 0.0473. The fourth-order valence-corrected chi connectivity index (χ4v) is 5.76. The van der Waals surface area contributed by atoms with Crippen LogP contribution in [0.3, 0.4) is 0 Å². The second-order valence-electron chi connectivity index (χ2n) is 10.8. The van der Waals surface area contributed by atoms with Gasteiger partial charge in [0, 0.05) is 45.2 Å². The van der Waals surface area contributed by atoms with Crippen molar-refractivity contribution in [3.8, 4) is 5.75 Å². The van der Waals surface area contributed by atoms with Gasteiger partial charge in [-0.2, -0.15) is 0 Å². The van der Waals surface area contributed by atoms with Crippen molar-refractivity contribution >= 4 is 60.7 Å². The Morgan fingerprint density at radius 2 is 1.19 bits per heavy atom. The third kappa shape index (κ3) is 6.25. The summed E-state index contributed by atoms with van der Waals surface area (Å²) in [7, 11) is 1.67. The van der Waals surface area contributed by atoms with Crippen molar-refractivity contribution in [2.24, 2.45) is 5.11 Å². The number of benzene rings is 4. The summed E-state index contributed by atoms with van der Waals surface area (Å²) in [4.78, 5) is 12.6. The van der Waals surface area contributed by atoms with E-state index in [0.29, 0.717) is 5.69 Å². The number of hydrogen-bond donors (Lipinski definition) is 2. The lowest BCUT2D eigenvalue weighted by Gasteiger charge is -2.14. The molecule has 8 nitrogen and oxygen atoms in total. The Morgan fingerprint density at radius 3 is 1.84 bits per heavy atom. The van der Waals surface area contributed by atoms with Crippen LogP contribution < -0.4 is 15.4 Å². The Bertz CT molecular complexity index is 1890. The SMILES string of the molecule is COc1ccc2nc3cc(N=[N+]=[N-])ccc3c(NCCCCCCCCNc3c4ccccc4nc4ccccc34)c2c1. The van der Waals surface area contributed by atoms with E-state index in [2.05, 4.69) is 57.1 Å². The average molecular weight is 570 g/mol. The van der Waals surface area contributed by atoms with E-state index >= 15 is 0 Å². The van der Waals surface area contributed by atoms with Gasteiger partial charge in [0.05, 0.1) is 40.6 Å². The van der Waals surface area contributed by atoms with Crippen molar-refractivity contribution in [1.82, 2.24) is 9.97 Å². The summed E-state index contributed by atoms with van der Waals surface area (Å²) in [5.41, 5.74) is 15.4. The molecule has 0 aliphatic heterocycles. The summed E-state index contributed by atoms with van der Waals surface area (Å²) < 4.78 is 5.48. The van der Waals surface area contributed by atoms with Crippen molar-refractivity contribution in [1.29, 1.82) is 0 Å². The minimum atomic E-state index is 0.555. The molecule has 0 radical (unpaired) electrons. The van der Waals surface area contributed by atoms with E-state index in [0.717, 1.165) is 70.2 Å². The molecule has 0 fully saturated rings. The highest BCUT2D eigenvalue weighted by Crippen LogP contribution is 2.35. The third-order valence-corrected chi connectivity index (χ3v) is 7.92. The number of nitrogens with zero attached hydrogens (tertiary/aromatic N) is 5. The molecule has 0 atom stereocenters. The van der Waals surface area contributed by atoms with E-state index in [-0.39, 0.29) is 0 Å². The standard InChI is InChI=1S/C35H35N7O/c1-43-25-17-19-32-29(23-25)35(28-18-16-24(41-42-36)22-33(28)40-32)38-21-11-5-3-2-4-10-20-37-34-26-12-6-8-14-30(26)39-31-15-9-7-13-27(31)34/h6-9,12-19,22-23H,2-5,10-11,20-21H2,1H3,(H,37,39)(H,38,40). The first-order valence-electron chi connectivity index (χ1n) is 15.0. The number of unbranched alkanes of at least 4 members (excludes halogenated alkanes) is 5. The summed E-state index contributed by atoms with van der Waals surface area (Å²) >= 11 is 0. The molecule has 43 heavy (non-hydrogen) atoms. The van der Waals surface area contributed by atoms with Crippen LogP contribution in [0.1, 0.15) is 38.5 Å². The first-order chi connectivity index (χ1) is 21.2. The Hall–Kier alpha value is -5.07. The smallest absolute Gasteiger partial charge is 0.119 e. The second-order valence-corrected chi connectivity index (χ2v) is 10.8. The van der Waals surface area contributed by atoms with E-state index in [4.69, 9.17) is 20.2 Å². The number of hydrogen-bond acceptors (Lipinski definition) is 6. The summed E-state index contributed by atoms with van der Waals surface area (Å²) in [6.45, 7) is 1.82. The van der Waals surface area contributed by atoms with Crippen molar-refractivity contribution in [3.63, 3.8) is 0 Å². The summed E-state index contributed by atoms with van der Waals surface area (Å²) in [5.74, 6) is 0.794. The zero-order chi connectivity index (χ0) is 29.4. The molecular weight excluding hydrogens is 534 g/mol. The maximum atomic E-state index is 8.85. The maximum Gasteiger partial charge on any atom is 0.119 e. The lowest BCUT2D eigenvalue weighted by molar-refractivity contribution is 0.415. The highest BCUT2D eigenvalue weighted by atomic mass is 16.5. The highest BCUT2D eigenvalue weighted by Gasteiger charge is 2.11. The molecule has 0 spiro atoms. The molecule has 2 N–H and O–H groups in total. The van der Waals surface area contributed by atoms with E-state index < -0.39 is 0 Å². The van der Waals surface area contributed by atoms with Gasteiger partial charge in [-0.05, 0) is 54.8 Å². The van der Waals surface area contributed by atoms with Gasteiger partial charge >= 0.3 is 0 Å². The molecule has 0 aliphatic carbocycles. The number of fused-ring (bicyclic) bond motifs is 4. The Labute approximate surface area is 250 Å². The number of ether oxygens (including phenoxy) is 1. The maximum absolute atomic E-state index is 8.85. The first kappa shape index (κ1) is 28.1. The van der Waals surface area contributed by atoms with Crippen LogP contribution in [0.2, 0.25) is 0 Å². The van der Waals surface area contributed by atoms with Crippen LogP contribution in [0.25, 0.3) is 54.1 Å². The Balaban J connectivity index is 1.01. The summed E-state index contributed by atoms with van der Waals surface area (Å²) in [6, 6.07) is 28.3. The van der Waals surface area contributed by atoms with Crippen LogP contribution in [0, 0.1) is 0 Å². The van der Waals surface area contributed by atoms with E-state index in [1.165, 1.54) is 42.1 Å². The largest absolute Gasteiger partial charge is 0.497 e. The third-order valence-electron chi connectivity index (χ3n) is 7.92. The van der Waals surface area contributed by atoms with Crippen molar-refractivity contribution in [2.45, 2.75) is 38.5 Å². The lowest BCUT2D eigenvalue weighted by Crippen LogP contribution is -2.04. The molecule has 4 aromatic carbocycles. The van der Waals surface area contributed by atoms with E-state index in [1.54, 1.807) is 7.11 Å². The van der Waals surface area contributed by atoms with Crippen LogP contribution in [-0.4, -0.2) is 30.2 Å². The molecular formula is C35H35N7O. The molecule has 0 amide bonds. The fraction of sp³-hybridized carbons (Fsp3) is 0.257. The minimum absolute atomic E-state index is 0.555. The van der Waals surface area contributed by atoms with Crippen molar-refractivity contribution in [3.05, 3.63) is 95.4 Å². The molecule has 0 unspecified atom stereocenters. The molecule has 2 heterocycles. The fourth-order valence-electron chi connectivity index (χ4n) is 5.76. The molecule has 0 aliphatic rings. The molecule has 216 valence electrons. The van der Waals surface area contributed by atoms with Gasteiger partial charge in [0.2, 0.25) is 0 Å². The Morgan fingerprint density at radius 1 is 0.628 bits per heavy atom. The zero-order valence-corrected chi connectivity index (χ0v) is 24.4. The molecule has 8 heteroatoms. The van der Waals surface area contributed by atoms with Crippen LogP contribution >= 0.6 is 0 Å². The lowest BCUT2D eigenvalue weighted by atomic mass is 10.1. The van der Waals surface area contributed by atoms with Crippen LogP contribution in [0.4, 0.5) is 17.1 Å². The van der Waals surface area contributed by atoms with Crippen LogP contribution in [-0.2, 0) is 0 Å². The van der Waals surface area contributed by atoms with E-state index in [1.807, 2.05) is 48.5 Å². The minimum Gasteiger partial charge on any atom is -0.497 e. The Kier molecular flexibility index (Phi) is 8.66.